The Morgan fingerprint density at radius 1 is 1.16 bits per heavy atom. The van der Waals surface area contributed by atoms with Crippen molar-refractivity contribution in [1.82, 2.24) is 14.8 Å². The molecule has 0 spiro atoms. The van der Waals surface area contributed by atoms with E-state index in [-0.39, 0.29) is 29.0 Å². The maximum atomic E-state index is 14.0. The van der Waals surface area contributed by atoms with E-state index in [1.807, 2.05) is 18.4 Å². The van der Waals surface area contributed by atoms with Gasteiger partial charge in [0.05, 0.1) is 11.4 Å². The molecule has 1 amide bonds. The van der Waals surface area contributed by atoms with Crippen molar-refractivity contribution in [3.8, 4) is 5.75 Å². The van der Waals surface area contributed by atoms with Crippen molar-refractivity contribution in [1.29, 1.82) is 0 Å². The van der Waals surface area contributed by atoms with Crippen LogP contribution in [0.25, 0.3) is 0 Å². The number of carbonyl (C=O) groups is 1. The lowest BCUT2D eigenvalue weighted by Gasteiger charge is -2.18. The SMILES string of the molecule is CC(C)Cn1c(SCC(=O)Nc2ccc(Br)cc2F)nnc1C(C)Oc1ccccc1F. The number of anilines is 1. The molecule has 0 saturated heterocycles. The highest BCUT2D eigenvalue weighted by molar-refractivity contribution is 9.10. The van der Waals surface area contributed by atoms with Crippen molar-refractivity contribution in [2.45, 2.75) is 38.6 Å². The van der Waals surface area contributed by atoms with Crippen molar-refractivity contribution in [2.24, 2.45) is 5.92 Å². The molecule has 0 fully saturated rings. The maximum Gasteiger partial charge on any atom is 0.234 e. The first-order valence-electron chi connectivity index (χ1n) is 9.96. The number of nitrogens with zero attached hydrogens (tertiary/aromatic N) is 3. The standard InChI is InChI=1S/C22H23BrF2N4O2S/c1-13(2)11-29-21(14(3)31-19-7-5-4-6-16(19)24)27-28-22(29)32-12-20(30)26-18-9-8-15(23)10-17(18)25/h4-10,13-14H,11-12H2,1-3H3,(H,26,30). The predicted octanol–water partition coefficient (Wildman–Crippen LogP) is 5.85. The highest BCUT2D eigenvalue weighted by Gasteiger charge is 2.22. The Morgan fingerprint density at radius 2 is 1.91 bits per heavy atom. The Kier molecular flexibility index (Phi) is 8.25. The lowest BCUT2D eigenvalue weighted by atomic mass is 10.2. The van der Waals surface area contributed by atoms with Crippen LogP contribution in [0.1, 0.15) is 32.7 Å². The number of hydrogen-bond donors (Lipinski definition) is 1. The van der Waals surface area contributed by atoms with Crippen LogP contribution < -0.4 is 10.1 Å². The molecule has 1 heterocycles. The summed E-state index contributed by atoms with van der Waals surface area (Å²) in [5, 5.41) is 11.5. The predicted molar refractivity (Wildman–Crippen MR) is 124 cm³/mol. The van der Waals surface area contributed by atoms with Crippen LogP contribution in [0, 0.1) is 17.6 Å². The number of para-hydroxylation sites is 1. The quantitative estimate of drug-likeness (QED) is 0.356. The molecule has 3 rings (SSSR count). The minimum Gasteiger partial charge on any atom is -0.480 e. The lowest BCUT2D eigenvalue weighted by Crippen LogP contribution is -2.17. The van der Waals surface area contributed by atoms with Crippen molar-refractivity contribution in [2.75, 3.05) is 11.1 Å². The number of rotatable bonds is 9. The molecule has 32 heavy (non-hydrogen) atoms. The van der Waals surface area contributed by atoms with E-state index in [4.69, 9.17) is 4.74 Å². The average Bonchev–Trinajstić information content (AvgIpc) is 3.12. The van der Waals surface area contributed by atoms with Gasteiger partial charge >= 0.3 is 0 Å². The third-order valence-electron chi connectivity index (χ3n) is 4.33. The second-order valence-electron chi connectivity index (χ2n) is 7.50. The topological polar surface area (TPSA) is 69.0 Å². The van der Waals surface area contributed by atoms with Gasteiger partial charge in [0.25, 0.3) is 0 Å². The molecule has 10 heteroatoms. The summed E-state index contributed by atoms with van der Waals surface area (Å²) in [5.41, 5.74) is 0.107. The van der Waals surface area contributed by atoms with Crippen LogP contribution in [0.5, 0.6) is 5.75 Å². The van der Waals surface area contributed by atoms with Crippen LogP contribution in [0.15, 0.2) is 52.1 Å². The van der Waals surface area contributed by atoms with Crippen LogP contribution >= 0.6 is 27.7 Å². The zero-order valence-electron chi connectivity index (χ0n) is 17.8. The number of halogens is 3. The number of benzene rings is 2. The smallest absolute Gasteiger partial charge is 0.234 e. The maximum absolute atomic E-state index is 14.0. The van der Waals surface area contributed by atoms with E-state index >= 15 is 0 Å². The van der Waals surface area contributed by atoms with E-state index < -0.39 is 17.7 Å². The number of thioether (sulfide) groups is 1. The molecule has 6 nitrogen and oxygen atoms in total. The summed E-state index contributed by atoms with van der Waals surface area (Å²) in [7, 11) is 0. The third kappa shape index (κ3) is 6.29. The van der Waals surface area contributed by atoms with Crippen molar-refractivity contribution in [3.63, 3.8) is 0 Å². The van der Waals surface area contributed by atoms with Crippen molar-refractivity contribution in [3.05, 3.63) is 64.4 Å². The fraction of sp³-hybridized carbons (Fsp3) is 0.318. The van der Waals surface area contributed by atoms with Gasteiger partial charge in [0.15, 0.2) is 28.7 Å². The van der Waals surface area contributed by atoms with Gasteiger partial charge in [0.2, 0.25) is 5.91 Å². The Hall–Kier alpha value is -2.46. The number of aromatic nitrogens is 3. The van der Waals surface area contributed by atoms with Crippen LogP contribution in [-0.2, 0) is 11.3 Å². The minimum absolute atomic E-state index is 0.0221. The lowest BCUT2D eigenvalue weighted by molar-refractivity contribution is -0.113. The van der Waals surface area contributed by atoms with Crippen LogP contribution in [-0.4, -0.2) is 26.4 Å². The van der Waals surface area contributed by atoms with E-state index in [0.717, 1.165) is 0 Å². The van der Waals surface area contributed by atoms with Crippen LogP contribution in [0.3, 0.4) is 0 Å². The molecule has 0 aliphatic heterocycles. The van der Waals surface area contributed by atoms with Gasteiger partial charge in [-0.15, -0.1) is 10.2 Å². The van der Waals surface area contributed by atoms with Gasteiger partial charge in [0.1, 0.15) is 5.82 Å². The molecule has 1 atom stereocenters. The summed E-state index contributed by atoms with van der Waals surface area (Å²) in [6, 6.07) is 10.6. The molecule has 3 aromatic rings. The zero-order chi connectivity index (χ0) is 23.3. The molecule has 0 radical (unpaired) electrons. The number of nitrogens with one attached hydrogen (secondary N) is 1. The number of hydrogen-bond acceptors (Lipinski definition) is 5. The van der Waals surface area contributed by atoms with Gasteiger partial charge in [-0.3, -0.25) is 4.79 Å². The van der Waals surface area contributed by atoms with E-state index in [1.54, 1.807) is 31.2 Å². The monoisotopic (exact) mass is 524 g/mol. The molecule has 0 aliphatic rings. The molecule has 0 bridgehead atoms. The van der Waals surface area contributed by atoms with Gasteiger partial charge in [-0.2, -0.15) is 0 Å². The molecule has 1 unspecified atom stereocenters. The molecule has 170 valence electrons. The van der Waals surface area contributed by atoms with E-state index in [1.165, 1.54) is 30.0 Å². The van der Waals surface area contributed by atoms with E-state index in [2.05, 4.69) is 31.4 Å². The first kappa shape index (κ1) is 24.2. The minimum atomic E-state index is -0.557. The fourth-order valence-electron chi connectivity index (χ4n) is 2.93. The Balaban J connectivity index is 1.71. The van der Waals surface area contributed by atoms with Gasteiger partial charge < -0.3 is 14.6 Å². The Morgan fingerprint density at radius 3 is 2.59 bits per heavy atom. The molecule has 2 aromatic carbocycles. The van der Waals surface area contributed by atoms with Gasteiger partial charge in [-0.05, 0) is 43.2 Å². The summed E-state index contributed by atoms with van der Waals surface area (Å²) < 4.78 is 36.2. The molecule has 0 aliphatic carbocycles. The largest absolute Gasteiger partial charge is 0.480 e. The molecule has 0 saturated carbocycles. The van der Waals surface area contributed by atoms with Crippen LogP contribution in [0.4, 0.5) is 14.5 Å². The molecule has 1 N–H and O–H groups in total. The summed E-state index contributed by atoms with van der Waals surface area (Å²) in [5.74, 6) is -0.396. The molecule has 1 aromatic heterocycles. The summed E-state index contributed by atoms with van der Waals surface area (Å²) in [4.78, 5) is 12.3. The Labute approximate surface area is 197 Å². The first-order valence-corrected chi connectivity index (χ1v) is 11.7. The summed E-state index contributed by atoms with van der Waals surface area (Å²) in [6.45, 7) is 6.45. The van der Waals surface area contributed by atoms with Crippen molar-refractivity contribution < 1.29 is 18.3 Å². The van der Waals surface area contributed by atoms with Gasteiger partial charge in [0, 0.05) is 11.0 Å². The Bertz CT molecular complexity index is 1090. The second kappa shape index (κ2) is 10.9. The second-order valence-corrected chi connectivity index (χ2v) is 9.35. The third-order valence-corrected chi connectivity index (χ3v) is 5.79. The fourth-order valence-corrected chi connectivity index (χ4v) is 4.02. The van der Waals surface area contributed by atoms with E-state index in [9.17, 15) is 13.6 Å². The number of amides is 1. The zero-order valence-corrected chi connectivity index (χ0v) is 20.2. The first-order chi connectivity index (χ1) is 15.2. The summed E-state index contributed by atoms with van der Waals surface area (Å²) in [6.07, 6.45) is -0.557. The van der Waals surface area contributed by atoms with E-state index in [0.29, 0.717) is 22.0 Å². The van der Waals surface area contributed by atoms with Gasteiger partial charge in [-0.25, -0.2) is 8.78 Å². The number of carbonyl (C=O) groups excluding carboxylic acids is 1. The molecular formula is C22H23BrF2N4O2S. The highest BCUT2D eigenvalue weighted by Crippen LogP contribution is 2.27. The normalized spacial score (nSPS) is 12.1. The van der Waals surface area contributed by atoms with Crippen LogP contribution in [0.2, 0.25) is 0 Å². The number of ether oxygens (including phenoxy) is 1. The van der Waals surface area contributed by atoms with Gasteiger partial charge in [-0.1, -0.05) is 53.7 Å². The summed E-state index contributed by atoms with van der Waals surface area (Å²) >= 11 is 4.37. The average molecular weight is 525 g/mol. The highest BCUT2D eigenvalue weighted by atomic mass is 79.9. The van der Waals surface area contributed by atoms with Crippen molar-refractivity contribution >= 4 is 39.3 Å². The molecular weight excluding hydrogens is 502 g/mol.